The van der Waals surface area contributed by atoms with Crippen LogP contribution < -0.4 is 4.74 Å². The van der Waals surface area contributed by atoms with Crippen molar-refractivity contribution in [3.05, 3.63) is 29.5 Å². The molecule has 2 N–H and O–H groups in total. The molecule has 1 aliphatic rings. The van der Waals surface area contributed by atoms with E-state index in [9.17, 15) is 0 Å². The van der Waals surface area contributed by atoms with Gasteiger partial charge in [0.25, 0.3) is 0 Å². The highest BCUT2D eigenvalue weighted by atomic mass is 16.5. The number of phenolic OH excluding ortho intramolecular Hbond substituents is 1. The average Bonchev–Trinajstić information content (AvgIpc) is 2.03. The van der Waals surface area contributed by atoms with Gasteiger partial charge in [0.05, 0.1) is 0 Å². The highest BCUT2D eigenvalue weighted by Crippen LogP contribution is 2.28. The molecule has 0 aromatic heterocycles. The predicted octanol–water partition coefficient (Wildman–Crippen LogP) is 1.68. The summed E-state index contributed by atoms with van der Waals surface area (Å²) in [7, 11) is 0. The van der Waals surface area contributed by atoms with Crippen molar-refractivity contribution in [2.24, 2.45) is 0 Å². The molecule has 62 valence electrons. The zero-order valence-corrected chi connectivity index (χ0v) is 6.32. The number of aliphatic hydroxyl groups is 1. The van der Waals surface area contributed by atoms with Crippen molar-refractivity contribution >= 4 is 6.08 Å². The monoisotopic (exact) mass is 164 g/mol. The first-order chi connectivity index (χ1) is 5.75. The fourth-order valence-electron chi connectivity index (χ4n) is 1.15. The first-order valence-electron chi connectivity index (χ1n) is 3.61. The summed E-state index contributed by atoms with van der Waals surface area (Å²) in [6, 6.07) is 4.77. The molecule has 1 aromatic carbocycles. The molecule has 2 rings (SSSR count). The van der Waals surface area contributed by atoms with Gasteiger partial charge in [0, 0.05) is 5.56 Å². The standard InChI is InChI=1S/C9H8O3/c10-7-1-2-9-6(3-7)4-8(11)5-12-9/h1-4,10-11H,5H2. The van der Waals surface area contributed by atoms with Crippen LogP contribution in [0.1, 0.15) is 5.56 Å². The molecule has 0 unspecified atom stereocenters. The first kappa shape index (κ1) is 7.03. The van der Waals surface area contributed by atoms with E-state index in [2.05, 4.69) is 0 Å². The summed E-state index contributed by atoms with van der Waals surface area (Å²) >= 11 is 0. The van der Waals surface area contributed by atoms with Crippen LogP contribution in [0.5, 0.6) is 11.5 Å². The largest absolute Gasteiger partial charge is 0.509 e. The Morgan fingerprint density at radius 1 is 1.25 bits per heavy atom. The van der Waals surface area contributed by atoms with Gasteiger partial charge < -0.3 is 14.9 Å². The summed E-state index contributed by atoms with van der Waals surface area (Å²) in [6.45, 7) is 0.206. The molecular weight excluding hydrogens is 156 g/mol. The highest BCUT2D eigenvalue weighted by Gasteiger charge is 2.10. The Labute approximate surface area is 69.5 Å². The van der Waals surface area contributed by atoms with Gasteiger partial charge in [-0.1, -0.05) is 0 Å². The molecule has 0 atom stereocenters. The van der Waals surface area contributed by atoms with Crippen molar-refractivity contribution in [1.29, 1.82) is 0 Å². The quantitative estimate of drug-likeness (QED) is 0.613. The summed E-state index contributed by atoms with van der Waals surface area (Å²) in [5, 5.41) is 18.2. The van der Waals surface area contributed by atoms with Gasteiger partial charge >= 0.3 is 0 Å². The van der Waals surface area contributed by atoms with Crippen LogP contribution in [-0.4, -0.2) is 16.8 Å². The third kappa shape index (κ3) is 1.09. The van der Waals surface area contributed by atoms with E-state index in [1.54, 1.807) is 24.3 Å². The van der Waals surface area contributed by atoms with Crippen molar-refractivity contribution in [3.8, 4) is 11.5 Å². The summed E-state index contributed by atoms with van der Waals surface area (Å²) < 4.78 is 5.16. The van der Waals surface area contributed by atoms with Crippen LogP contribution >= 0.6 is 0 Å². The van der Waals surface area contributed by atoms with E-state index in [-0.39, 0.29) is 18.1 Å². The van der Waals surface area contributed by atoms with Crippen molar-refractivity contribution in [1.82, 2.24) is 0 Å². The Hall–Kier alpha value is -1.64. The lowest BCUT2D eigenvalue weighted by molar-refractivity contribution is 0.266. The van der Waals surface area contributed by atoms with Crippen molar-refractivity contribution in [3.63, 3.8) is 0 Å². The number of aromatic hydroxyl groups is 1. The van der Waals surface area contributed by atoms with E-state index in [0.717, 1.165) is 0 Å². The van der Waals surface area contributed by atoms with E-state index in [4.69, 9.17) is 14.9 Å². The number of benzene rings is 1. The maximum atomic E-state index is 9.11. The van der Waals surface area contributed by atoms with Gasteiger partial charge in [-0.15, -0.1) is 0 Å². The lowest BCUT2D eigenvalue weighted by atomic mass is 10.1. The molecule has 0 spiro atoms. The van der Waals surface area contributed by atoms with Gasteiger partial charge in [-0.05, 0) is 24.3 Å². The van der Waals surface area contributed by atoms with E-state index in [0.29, 0.717) is 11.3 Å². The molecular formula is C9H8O3. The molecule has 12 heavy (non-hydrogen) atoms. The summed E-state index contributed by atoms with van der Waals surface area (Å²) in [5.41, 5.74) is 0.707. The number of ether oxygens (including phenoxy) is 1. The molecule has 1 aromatic rings. The van der Waals surface area contributed by atoms with E-state index >= 15 is 0 Å². The molecule has 3 heteroatoms. The fraction of sp³-hybridized carbons (Fsp3) is 0.111. The van der Waals surface area contributed by atoms with Crippen LogP contribution in [0.4, 0.5) is 0 Å². The summed E-state index contributed by atoms with van der Waals surface area (Å²) in [4.78, 5) is 0. The topological polar surface area (TPSA) is 49.7 Å². The minimum atomic E-state index is 0.170. The smallest absolute Gasteiger partial charge is 0.145 e. The average molecular weight is 164 g/mol. The fourth-order valence-corrected chi connectivity index (χ4v) is 1.15. The van der Waals surface area contributed by atoms with E-state index in [1.165, 1.54) is 0 Å². The lowest BCUT2D eigenvalue weighted by Crippen LogP contribution is -2.06. The molecule has 0 bridgehead atoms. The Balaban J connectivity index is 2.53. The van der Waals surface area contributed by atoms with Crippen LogP contribution in [0.2, 0.25) is 0 Å². The van der Waals surface area contributed by atoms with E-state index in [1.807, 2.05) is 0 Å². The number of fused-ring (bicyclic) bond motifs is 1. The van der Waals surface area contributed by atoms with Gasteiger partial charge in [0.2, 0.25) is 0 Å². The van der Waals surface area contributed by atoms with E-state index < -0.39 is 0 Å². The van der Waals surface area contributed by atoms with Gasteiger partial charge in [-0.3, -0.25) is 0 Å². The zero-order valence-electron chi connectivity index (χ0n) is 6.32. The number of hydrogen-bond acceptors (Lipinski definition) is 3. The Kier molecular flexibility index (Phi) is 1.43. The molecule has 0 aliphatic carbocycles. The molecule has 0 saturated heterocycles. The number of hydrogen-bond donors (Lipinski definition) is 2. The second-order valence-corrected chi connectivity index (χ2v) is 2.65. The molecule has 1 aliphatic heterocycles. The third-order valence-electron chi connectivity index (χ3n) is 1.69. The maximum absolute atomic E-state index is 9.11. The van der Waals surface area contributed by atoms with Gasteiger partial charge in [0.15, 0.2) is 0 Å². The van der Waals surface area contributed by atoms with Crippen LogP contribution in [0.25, 0.3) is 6.08 Å². The number of phenols is 1. The third-order valence-corrected chi connectivity index (χ3v) is 1.69. The number of rotatable bonds is 0. The normalized spacial score (nSPS) is 14.5. The van der Waals surface area contributed by atoms with Crippen molar-refractivity contribution < 1.29 is 14.9 Å². The van der Waals surface area contributed by atoms with Crippen molar-refractivity contribution in [2.75, 3.05) is 6.61 Å². The molecule has 3 nitrogen and oxygen atoms in total. The van der Waals surface area contributed by atoms with Crippen LogP contribution in [0.15, 0.2) is 24.0 Å². The van der Waals surface area contributed by atoms with Gasteiger partial charge in [-0.25, -0.2) is 0 Å². The molecule has 0 amide bonds. The zero-order chi connectivity index (χ0) is 8.55. The highest BCUT2D eigenvalue weighted by molar-refractivity contribution is 5.62. The Morgan fingerprint density at radius 2 is 2.08 bits per heavy atom. The van der Waals surface area contributed by atoms with Crippen LogP contribution in [0, 0.1) is 0 Å². The predicted molar refractivity (Wildman–Crippen MR) is 44.2 cm³/mol. The number of aliphatic hydroxyl groups excluding tert-OH is 1. The molecule has 0 saturated carbocycles. The summed E-state index contributed by atoms with van der Waals surface area (Å²) in [6.07, 6.45) is 1.58. The maximum Gasteiger partial charge on any atom is 0.145 e. The van der Waals surface area contributed by atoms with Crippen LogP contribution in [-0.2, 0) is 0 Å². The molecule has 0 radical (unpaired) electrons. The Morgan fingerprint density at radius 3 is 2.92 bits per heavy atom. The summed E-state index contributed by atoms with van der Waals surface area (Å²) in [5.74, 6) is 1.03. The van der Waals surface area contributed by atoms with Gasteiger partial charge in [-0.2, -0.15) is 0 Å². The second kappa shape index (κ2) is 2.44. The SMILES string of the molecule is OC1=Cc2cc(O)ccc2OC1. The lowest BCUT2D eigenvalue weighted by Gasteiger charge is -2.14. The van der Waals surface area contributed by atoms with Gasteiger partial charge in [0.1, 0.15) is 23.9 Å². The molecule has 0 fully saturated rings. The molecule has 1 heterocycles. The second-order valence-electron chi connectivity index (χ2n) is 2.65. The first-order valence-corrected chi connectivity index (χ1v) is 3.61. The minimum absolute atomic E-state index is 0.170. The minimum Gasteiger partial charge on any atom is -0.509 e. The Bertz CT molecular complexity index is 342. The van der Waals surface area contributed by atoms with Crippen molar-refractivity contribution in [2.45, 2.75) is 0 Å². The van der Waals surface area contributed by atoms with Crippen LogP contribution in [0.3, 0.4) is 0 Å².